The Morgan fingerprint density at radius 2 is 1.60 bits per heavy atom. The highest BCUT2D eigenvalue weighted by Crippen LogP contribution is 2.30. The van der Waals surface area contributed by atoms with Gasteiger partial charge in [0.1, 0.15) is 18.5 Å². The Labute approximate surface area is 157 Å². The molecule has 0 spiro atoms. The predicted octanol–water partition coefficient (Wildman–Crippen LogP) is 4.50. The van der Waals surface area contributed by atoms with Crippen LogP contribution in [0.5, 0.6) is 5.75 Å². The fourth-order valence-corrected chi connectivity index (χ4v) is 2.63. The van der Waals surface area contributed by atoms with E-state index in [2.05, 4.69) is 51.2 Å². The molecule has 0 fully saturated rings. The van der Waals surface area contributed by atoms with Crippen molar-refractivity contribution >= 4 is 12.4 Å². The van der Waals surface area contributed by atoms with E-state index in [9.17, 15) is 5.11 Å². The zero-order valence-corrected chi connectivity index (χ0v) is 16.3. The van der Waals surface area contributed by atoms with Crippen molar-refractivity contribution in [3.8, 4) is 5.75 Å². The molecule has 0 aromatic heterocycles. The average Bonchev–Trinajstić information content (AvgIpc) is 2.58. The van der Waals surface area contributed by atoms with Crippen molar-refractivity contribution in [2.75, 3.05) is 13.2 Å². The summed E-state index contributed by atoms with van der Waals surface area (Å²) in [5.74, 6) is 0.847. The maximum absolute atomic E-state index is 10.2. The quantitative estimate of drug-likeness (QED) is 0.761. The smallest absolute Gasteiger partial charge is 0.123 e. The first-order chi connectivity index (χ1) is 11.4. The van der Waals surface area contributed by atoms with Gasteiger partial charge in [-0.25, -0.2) is 0 Å². The van der Waals surface area contributed by atoms with Gasteiger partial charge in [-0.15, -0.1) is 12.4 Å². The van der Waals surface area contributed by atoms with Crippen molar-refractivity contribution in [2.24, 2.45) is 0 Å². The Kier molecular flexibility index (Phi) is 8.43. The minimum Gasteiger partial charge on any atom is -0.491 e. The molecule has 2 rings (SSSR count). The van der Waals surface area contributed by atoms with E-state index in [1.54, 1.807) is 0 Å². The van der Waals surface area contributed by atoms with E-state index in [-0.39, 0.29) is 30.5 Å². The van der Waals surface area contributed by atoms with Gasteiger partial charge >= 0.3 is 0 Å². The molecule has 0 heterocycles. The number of ether oxygens (including phenoxy) is 1. The number of aliphatic hydroxyl groups is 1. The molecule has 2 atom stereocenters. The molecule has 0 saturated heterocycles. The highest BCUT2D eigenvalue weighted by molar-refractivity contribution is 5.85. The van der Waals surface area contributed by atoms with Crippen molar-refractivity contribution in [1.82, 2.24) is 5.32 Å². The largest absolute Gasteiger partial charge is 0.491 e. The normalized spacial score (nSPS) is 13.6. The molecule has 0 bridgehead atoms. The summed E-state index contributed by atoms with van der Waals surface area (Å²) in [6.45, 7) is 9.35. The molecule has 138 valence electrons. The molecule has 0 aliphatic carbocycles. The maximum atomic E-state index is 10.2. The van der Waals surface area contributed by atoms with Crippen LogP contribution in [0.2, 0.25) is 0 Å². The van der Waals surface area contributed by atoms with E-state index >= 15 is 0 Å². The average molecular weight is 364 g/mol. The fourth-order valence-electron chi connectivity index (χ4n) is 2.63. The van der Waals surface area contributed by atoms with Crippen molar-refractivity contribution in [1.29, 1.82) is 0 Å². The minimum absolute atomic E-state index is 0. The molecule has 0 saturated carbocycles. The molecule has 3 nitrogen and oxygen atoms in total. The van der Waals surface area contributed by atoms with Crippen LogP contribution in [0.4, 0.5) is 0 Å². The number of aliphatic hydroxyl groups excluding tert-OH is 1. The lowest BCUT2D eigenvalue weighted by atomic mass is 9.86. The third-order valence-corrected chi connectivity index (χ3v) is 4.09. The monoisotopic (exact) mass is 363 g/mol. The second kappa shape index (κ2) is 9.81. The molecule has 2 aromatic rings. The van der Waals surface area contributed by atoms with Gasteiger partial charge in [0.25, 0.3) is 0 Å². The summed E-state index contributed by atoms with van der Waals surface area (Å²) >= 11 is 0. The summed E-state index contributed by atoms with van der Waals surface area (Å²) in [5.41, 5.74) is 2.38. The van der Waals surface area contributed by atoms with Crippen LogP contribution in [0, 0.1) is 0 Å². The number of hydrogen-bond acceptors (Lipinski definition) is 3. The van der Waals surface area contributed by atoms with Crippen LogP contribution in [-0.2, 0) is 5.41 Å². The predicted molar refractivity (Wildman–Crippen MR) is 107 cm³/mol. The van der Waals surface area contributed by atoms with Gasteiger partial charge in [0.05, 0.1) is 0 Å². The lowest BCUT2D eigenvalue weighted by Crippen LogP contribution is -2.33. The van der Waals surface area contributed by atoms with Crippen LogP contribution in [0.25, 0.3) is 0 Å². The van der Waals surface area contributed by atoms with Gasteiger partial charge in [-0.3, -0.25) is 0 Å². The molecule has 0 aliphatic rings. The minimum atomic E-state index is -0.552. The Hall–Kier alpha value is -1.55. The van der Waals surface area contributed by atoms with Gasteiger partial charge in [0, 0.05) is 12.6 Å². The van der Waals surface area contributed by atoms with E-state index in [0.29, 0.717) is 6.54 Å². The van der Waals surface area contributed by atoms with E-state index in [1.165, 1.54) is 5.56 Å². The SMILES string of the molecule is CC(NCC(O)COc1ccccc1C(C)(C)C)c1ccccc1.Cl. The van der Waals surface area contributed by atoms with Gasteiger partial charge in [0.15, 0.2) is 0 Å². The third-order valence-electron chi connectivity index (χ3n) is 4.09. The van der Waals surface area contributed by atoms with Crippen molar-refractivity contribution in [3.63, 3.8) is 0 Å². The summed E-state index contributed by atoms with van der Waals surface area (Å²) < 4.78 is 5.87. The zero-order chi connectivity index (χ0) is 17.6. The Morgan fingerprint density at radius 3 is 2.24 bits per heavy atom. The van der Waals surface area contributed by atoms with Crippen LogP contribution >= 0.6 is 12.4 Å². The zero-order valence-electron chi connectivity index (χ0n) is 15.5. The summed E-state index contributed by atoms with van der Waals surface area (Å²) in [4.78, 5) is 0. The third kappa shape index (κ3) is 6.69. The molecule has 0 aliphatic heterocycles. The first-order valence-corrected chi connectivity index (χ1v) is 8.56. The van der Waals surface area contributed by atoms with Crippen molar-refractivity contribution in [2.45, 2.75) is 45.3 Å². The molecule has 2 aromatic carbocycles. The van der Waals surface area contributed by atoms with E-state index in [4.69, 9.17) is 4.74 Å². The lowest BCUT2D eigenvalue weighted by molar-refractivity contribution is 0.103. The van der Waals surface area contributed by atoms with Gasteiger partial charge < -0.3 is 15.2 Å². The summed E-state index contributed by atoms with van der Waals surface area (Å²) in [7, 11) is 0. The molecule has 2 N–H and O–H groups in total. The lowest BCUT2D eigenvalue weighted by Gasteiger charge is -2.24. The van der Waals surface area contributed by atoms with Crippen LogP contribution in [-0.4, -0.2) is 24.4 Å². The number of halogens is 1. The number of hydrogen-bond donors (Lipinski definition) is 2. The van der Waals surface area contributed by atoms with Gasteiger partial charge in [-0.05, 0) is 29.5 Å². The van der Waals surface area contributed by atoms with Crippen LogP contribution in [0.1, 0.15) is 44.9 Å². The molecule has 25 heavy (non-hydrogen) atoms. The molecule has 2 unspecified atom stereocenters. The standard InChI is InChI=1S/C21H29NO2.ClH/c1-16(17-10-6-5-7-11-17)22-14-18(23)15-24-20-13-9-8-12-19(20)21(2,3)4;/h5-13,16,18,22-23H,14-15H2,1-4H3;1H. The first kappa shape index (κ1) is 21.5. The van der Waals surface area contributed by atoms with E-state index in [1.807, 2.05) is 36.4 Å². The summed E-state index contributed by atoms with van der Waals surface area (Å²) in [6, 6.07) is 18.5. The van der Waals surface area contributed by atoms with Gasteiger partial charge in [-0.2, -0.15) is 0 Å². The van der Waals surface area contributed by atoms with E-state index < -0.39 is 6.10 Å². The van der Waals surface area contributed by atoms with Crippen LogP contribution < -0.4 is 10.1 Å². The number of nitrogens with one attached hydrogen (secondary N) is 1. The van der Waals surface area contributed by atoms with Crippen LogP contribution in [0.3, 0.4) is 0 Å². The number of para-hydroxylation sites is 1. The Morgan fingerprint density at radius 1 is 1.00 bits per heavy atom. The molecular weight excluding hydrogens is 334 g/mol. The molecule has 0 radical (unpaired) electrons. The van der Waals surface area contributed by atoms with E-state index in [0.717, 1.165) is 11.3 Å². The Balaban J connectivity index is 0.00000312. The maximum Gasteiger partial charge on any atom is 0.123 e. The number of rotatable bonds is 7. The summed E-state index contributed by atoms with van der Waals surface area (Å²) in [5, 5.41) is 13.6. The van der Waals surface area contributed by atoms with Crippen molar-refractivity contribution < 1.29 is 9.84 Å². The highest BCUT2D eigenvalue weighted by atomic mass is 35.5. The van der Waals surface area contributed by atoms with Gasteiger partial charge in [-0.1, -0.05) is 69.3 Å². The Bertz CT molecular complexity index is 625. The molecule has 4 heteroatoms. The van der Waals surface area contributed by atoms with Gasteiger partial charge in [0.2, 0.25) is 0 Å². The first-order valence-electron chi connectivity index (χ1n) is 8.56. The molecular formula is C21H30ClNO2. The number of benzene rings is 2. The fraction of sp³-hybridized carbons (Fsp3) is 0.429. The second-order valence-electron chi connectivity index (χ2n) is 7.25. The van der Waals surface area contributed by atoms with Crippen LogP contribution in [0.15, 0.2) is 54.6 Å². The van der Waals surface area contributed by atoms with Crippen molar-refractivity contribution in [3.05, 3.63) is 65.7 Å². The topological polar surface area (TPSA) is 41.5 Å². The highest BCUT2D eigenvalue weighted by Gasteiger charge is 2.19. The summed E-state index contributed by atoms with van der Waals surface area (Å²) in [6.07, 6.45) is -0.552. The molecule has 0 amide bonds. The second-order valence-corrected chi connectivity index (χ2v) is 7.25.